The number of nitrogens with one attached hydrogen (secondary N) is 3. The number of amides is 1. The number of hydrogen-bond acceptors (Lipinski definition) is 16. The summed E-state index contributed by atoms with van der Waals surface area (Å²) >= 11 is 0. The lowest BCUT2D eigenvalue weighted by atomic mass is 9.62. The molecule has 19 nitrogen and oxygen atoms in total. The molecule has 324 valence electrons. The van der Waals surface area contributed by atoms with Gasteiger partial charge in [0, 0.05) is 59.3 Å². The van der Waals surface area contributed by atoms with Gasteiger partial charge in [-0.05, 0) is 49.1 Å². The second kappa shape index (κ2) is 15.9. The predicted octanol–water partition coefficient (Wildman–Crippen LogP) is -1.44. The number of aliphatic hydroxyl groups excluding tert-OH is 4. The molecule has 2 aliphatic carbocycles. The fraction of sp³-hybridized carbons (Fsp3) is 0.419. The van der Waals surface area contributed by atoms with Gasteiger partial charge in [-0.15, -0.1) is 0 Å². The lowest BCUT2D eigenvalue weighted by Gasteiger charge is -2.59. The highest BCUT2D eigenvalue weighted by atomic mass is 16.7. The summed E-state index contributed by atoms with van der Waals surface area (Å²) in [6, 6.07) is 12.9. The summed E-state index contributed by atoms with van der Waals surface area (Å²) in [7, 11) is 0. The number of ketones is 2. The van der Waals surface area contributed by atoms with Gasteiger partial charge in [-0.3, -0.25) is 25.1 Å². The van der Waals surface area contributed by atoms with Crippen molar-refractivity contribution in [3.63, 3.8) is 0 Å². The van der Waals surface area contributed by atoms with Crippen molar-refractivity contribution in [2.45, 2.75) is 74.0 Å². The van der Waals surface area contributed by atoms with E-state index in [-0.39, 0.29) is 102 Å². The van der Waals surface area contributed by atoms with Gasteiger partial charge in [0.25, 0.3) is 11.7 Å². The third-order valence-corrected chi connectivity index (χ3v) is 12.8. The van der Waals surface area contributed by atoms with Crippen LogP contribution in [0.1, 0.15) is 80.1 Å². The molecule has 2 fully saturated rings. The van der Waals surface area contributed by atoms with Gasteiger partial charge in [-0.2, -0.15) is 4.99 Å². The molecule has 9 atom stereocenters. The molecule has 19 heteroatoms. The number of hydrogen-bond donors (Lipinski definition) is 9. The van der Waals surface area contributed by atoms with Crippen molar-refractivity contribution in [2.75, 3.05) is 33.1 Å². The number of carbonyl (C=O) groups is 4. The highest BCUT2D eigenvalue weighted by Crippen LogP contribution is 2.53. The summed E-state index contributed by atoms with van der Waals surface area (Å²) < 4.78 is 25.6. The van der Waals surface area contributed by atoms with E-state index in [2.05, 4.69) is 15.3 Å². The van der Waals surface area contributed by atoms with Crippen LogP contribution in [0.25, 0.3) is 0 Å². The average molecular weight is 855 g/mol. The Hall–Kier alpha value is -5.61. The molecule has 3 aromatic carbocycles. The van der Waals surface area contributed by atoms with Gasteiger partial charge in [0.15, 0.2) is 35.3 Å². The highest BCUT2D eigenvalue weighted by Gasteiger charge is 2.69. The molecule has 9 rings (SSSR count). The fourth-order valence-corrected chi connectivity index (χ4v) is 9.59. The third kappa shape index (κ3) is 6.50. The molecular weight excluding hydrogens is 810 g/mol. The molecule has 1 amide bonds. The summed E-state index contributed by atoms with van der Waals surface area (Å²) in [5, 5.41) is 78.1. The molecular formula is C43H44N5O14+. The van der Waals surface area contributed by atoms with Crippen LogP contribution in [0.5, 0.6) is 11.5 Å². The Balaban J connectivity index is 1.30. The molecule has 9 N–H and O–H groups in total. The molecule has 62 heavy (non-hydrogen) atoms. The summed E-state index contributed by atoms with van der Waals surface area (Å²) in [5.41, 5.74) is -3.29. The predicted molar refractivity (Wildman–Crippen MR) is 213 cm³/mol. The third-order valence-electron chi connectivity index (χ3n) is 12.8. The number of rotatable bonds is 9. The quantitative estimate of drug-likeness (QED) is 0.0872. The van der Waals surface area contributed by atoms with E-state index in [1.54, 1.807) is 24.3 Å². The Morgan fingerprint density at radius 3 is 2.61 bits per heavy atom. The number of aliphatic imine (C=N–C) groups is 2. The number of ether oxygens (including phenoxy) is 4. The van der Waals surface area contributed by atoms with Crippen LogP contribution in [-0.4, -0.2) is 141 Å². The normalized spacial score (nSPS) is 30.5. The van der Waals surface area contributed by atoms with E-state index >= 15 is 0 Å². The molecule has 4 bridgehead atoms. The largest absolute Gasteiger partial charge is 0.486 e. The van der Waals surface area contributed by atoms with Gasteiger partial charge >= 0.3 is 0 Å². The van der Waals surface area contributed by atoms with Crippen LogP contribution >= 0.6 is 0 Å². The first-order chi connectivity index (χ1) is 29.8. The van der Waals surface area contributed by atoms with Crippen molar-refractivity contribution in [1.82, 2.24) is 5.32 Å². The maximum atomic E-state index is 14.8. The Morgan fingerprint density at radius 2 is 1.84 bits per heavy atom. The molecule has 4 heterocycles. The van der Waals surface area contributed by atoms with Crippen molar-refractivity contribution in [2.24, 2.45) is 15.9 Å². The number of para-hydroxylation sites is 1. The number of quaternary nitrogens is 1. The van der Waals surface area contributed by atoms with Gasteiger partial charge in [0.2, 0.25) is 18.0 Å². The topological polar surface area (TPSA) is 292 Å². The Bertz CT molecular complexity index is 2470. The zero-order valence-electron chi connectivity index (χ0n) is 33.1. The lowest BCUT2D eigenvalue weighted by molar-refractivity contribution is -0.723. The number of benzene rings is 3. The summed E-state index contributed by atoms with van der Waals surface area (Å²) in [6.07, 6.45) is -6.32. The maximum absolute atomic E-state index is 14.8. The second-order valence-electron chi connectivity index (χ2n) is 16.3. The molecule has 4 aliphatic heterocycles. The standard InChI is InChI=1S/C43H43N5O14/c44-41-46-37-32(38(55)47-41)45-19-48(37)29-4-2-1-3-24(29)23-9-12-59-18-30-42(57)10-7-21(16-51)43(58,39(42)56)40(61-30)62-35-27(23)14-28-31(36(35)60-17-22(52)8-11-49)34(54)26-13-20(15-50)5-6-25(26)33(28)53/h1-6,11,13-14,21-23,30,39-40,50-52,56-58H,7-10,12,15-19H2,(H2,44,47,55)/p+1. The number of fused-ring (bicyclic) bond motifs is 10. The first kappa shape index (κ1) is 41.7. The van der Waals surface area contributed by atoms with Crippen molar-refractivity contribution in [1.29, 1.82) is 5.41 Å². The number of aliphatic hydroxyl groups is 6. The minimum absolute atomic E-state index is 0.0227. The number of nitrogens with zero attached hydrogens (tertiary/aromatic N) is 2. The Morgan fingerprint density at radius 1 is 1.03 bits per heavy atom. The van der Waals surface area contributed by atoms with Crippen molar-refractivity contribution < 1.29 is 73.7 Å². The van der Waals surface area contributed by atoms with Crippen LogP contribution in [0, 0.1) is 11.3 Å². The first-order valence-electron chi connectivity index (χ1n) is 20.2. The number of guanidine groups is 1. The van der Waals surface area contributed by atoms with Crippen LogP contribution in [0.3, 0.4) is 0 Å². The van der Waals surface area contributed by atoms with Gasteiger partial charge in [0.1, 0.15) is 36.4 Å². The molecule has 1 saturated carbocycles. The van der Waals surface area contributed by atoms with Crippen LogP contribution in [0.15, 0.2) is 58.5 Å². The maximum Gasteiger partial charge on any atom is 0.284 e. The monoisotopic (exact) mass is 854 g/mol. The van der Waals surface area contributed by atoms with Gasteiger partial charge in [-0.1, -0.05) is 24.3 Å². The van der Waals surface area contributed by atoms with Gasteiger partial charge in [-0.25, -0.2) is 9.89 Å². The van der Waals surface area contributed by atoms with Crippen molar-refractivity contribution in [3.8, 4) is 11.5 Å². The number of aldehydes is 1. The van der Waals surface area contributed by atoms with Crippen molar-refractivity contribution in [3.05, 3.63) is 87.5 Å². The lowest BCUT2D eigenvalue weighted by Crippen LogP contribution is -3.09. The SMILES string of the molecule is N=C1N=C2C(=NC[NH+]2c2ccccc2C2CCOCC3OC(Oc4c2cc2c(c4OCC(O)CC=O)C(=O)c4cc(CO)ccc4C2=O)C2(O)C(CO)CCC3(O)C2O)C(=O)N1. The molecule has 6 aliphatic rings. The summed E-state index contributed by atoms with van der Waals surface area (Å²) in [6.45, 7) is -1.97. The van der Waals surface area contributed by atoms with Crippen molar-refractivity contribution >= 4 is 47.0 Å². The Kier molecular flexibility index (Phi) is 10.7. The van der Waals surface area contributed by atoms with Gasteiger partial charge < -0.3 is 54.4 Å². The fourth-order valence-electron chi connectivity index (χ4n) is 9.59. The van der Waals surface area contributed by atoms with E-state index in [1.165, 1.54) is 24.3 Å². The second-order valence-corrected chi connectivity index (χ2v) is 16.3. The van der Waals surface area contributed by atoms with E-state index < -0.39 is 84.9 Å². The summed E-state index contributed by atoms with van der Waals surface area (Å²) in [4.78, 5) is 63.0. The van der Waals surface area contributed by atoms with Crippen LogP contribution in [-0.2, 0) is 25.7 Å². The molecule has 0 radical (unpaired) electrons. The molecule has 0 spiro atoms. The van der Waals surface area contributed by atoms with Crippen LogP contribution in [0.2, 0.25) is 0 Å². The first-order valence-corrected chi connectivity index (χ1v) is 20.2. The van der Waals surface area contributed by atoms with E-state index in [4.69, 9.17) is 24.4 Å². The van der Waals surface area contributed by atoms with Crippen LogP contribution in [0.4, 0.5) is 5.69 Å². The van der Waals surface area contributed by atoms with Crippen LogP contribution < -0.4 is 19.7 Å². The average Bonchev–Trinajstić information content (AvgIpc) is 3.68. The Labute approximate surface area is 352 Å². The van der Waals surface area contributed by atoms with E-state index in [1.807, 2.05) is 0 Å². The molecule has 0 aromatic heterocycles. The zero-order valence-corrected chi connectivity index (χ0v) is 33.1. The molecule has 3 aromatic rings. The number of carbonyl (C=O) groups excluding carboxylic acids is 4. The smallest absolute Gasteiger partial charge is 0.284 e. The number of amidine groups is 1. The minimum atomic E-state index is -2.48. The zero-order chi connectivity index (χ0) is 43.7. The molecule has 1 saturated heterocycles. The van der Waals surface area contributed by atoms with E-state index in [0.717, 1.165) is 0 Å². The minimum Gasteiger partial charge on any atom is -0.486 e. The van der Waals surface area contributed by atoms with Gasteiger partial charge in [0.05, 0.1) is 24.9 Å². The van der Waals surface area contributed by atoms with E-state index in [9.17, 15) is 49.8 Å². The highest BCUT2D eigenvalue weighted by molar-refractivity contribution is 6.68. The van der Waals surface area contributed by atoms with E-state index in [0.29, 0.717) is 28.0 Å². The summed E-state index contributed by atoms with van der Waals surface area (Å²) in [5.74, 6) is -4.68. The molecule has 9 unspecified atom stereocenters.